The summed E-state index contributed by atoms with van der Waals surface area (Å²) in [6.07, 6.45) is 6.09. The van der Waals surface area contributed by atoms with Crippen LogP contribution < -0.4 is 0 Å². The van der Waals surface area contributed by atoms with Gasteiger partial charge in [-0.15, -0.1) is 0 Å². The van der Waals surface area contributed by atoms with Gasteiger partial charge in [0, 0.05) is 38.3 Å². The van der Waals surface area contributed by atoms with Crippen LogP contribution in [0.15, 0.2) is 0 Å². The van der Waals surface area contributed by atoms with Gasteiger partial charge in [-0.05, 0) is 53.4 Å². The summed E-state index contributed by atoms with van der Waals surface area (Å²) in [7, 11) is 0. The van der Waals surface area contributed by atoms with Gasteiger partial charge in [0.15, 0.2) is 0 Å². The van der Waals surface area contributed by atoms with Crippen LogP contribution in [0.2, 0.25) is 0 Å². The summed E-state index contributed by atoms with van der Waals surface area (Å²) in [6.45, 7) is 13.9. The molecule has 0 amide bonds. The SMILES string of the molecule is CC(C)O[C@H]1CC[C@@H](N2CCN(C(C)C)CC2)CC1. The zero-order chi connectivity index (χ0) is 13.8. The van der Waals surface area contributed by atoms with Crippen LogP contribution in [0.3, 0.4) is 0 Å². The lowest BCUT2D eigenvalue weighted by atomic mass is 9.91. The van der Waals surface area contributed by atoms with Crippen LogP contribution in [0.4, 0.5) is 0 Å². The highest BCUT2D eigenvalue weighted by Crippen LogP contribution is 2.26. The summed E-state index contributed by atoms with van der Waals surface area (Å²) in [6, 6.07) is 1.53. The van der Waals surface area contributed by atoms with Crippen molar-refractivity contribution in [2.75, 3.05) is 26.2 Å². The van der Waals surface area contributed by atoms with Gasteiger partial charge in [-0.2, -0.15) is 0 Å². The fraction of sp³-hybridized carbons (Fsp3) is 1.00. The van der Waals surface area contributed by atoms with Crippen LogP contribution in [-0.4, -0.2) is 60.3 Å². The van der Waals surface area contributed by atoms with E-state index in [-0.39, 0.29) is 0 Å². The molecule has 0 atom stereocenters. The van der Waals surface area contributed by atoms with Crippen molar-refractivity contribution in [1.29, 1.82) is 0 Å². The standard InChI is InChI=1S/C16H32N2O/c1-13(2)17-9-11-18(12-10-17)15-5-7-16(8-6-15)19-14(3)4/h13-16H,5-12H2,1-4H3/t15-,16+. The molecule has 2 fully saturated rings. The highest BCUT2D eigenvalue weighted by Gasteiger charge is 2.29. The van der Waals surface area contributed by atoms with Gasteiger partial charge < -0.3 is 4.74 Å². The third kappa shape index (κ3) is 4.44. The predicted octanol–water partition coefficient (Wildman–Crippen LogP) is 2.75. The summed E-state index contributed by atoms with van der Waals surface area (Å²) in [5.74, 6) is 0. The second-order valence-electron chi connectivity index (χ2n) is 6.78. The average Bonchev–Trinajstić information content (AvgIpc) is 2.39. The van der Waals surface area contributed by atoms with Crippen molar-refractivity contribution in [2.45, 2.75) is 77.7 Å². The molecule has 19 heavy (non-hydrogen) atoms. The van der Waals surface area contributed by atoms with Gasteiger partial charge in [0.1, 0.15) is 0 Å². The van der Waals surface area contributed by atoms with Crippen molar-refractivity contribution in [1.82, 2.24) is 9.80 Å². The molecule has 0 bridgehead atoms. The van der Waals surface area contributed by atoms with Gasteiger partial charge in [-0.3, -0.25) is 9.80 Å². The molecular formula is C16H32N2O. The van der Waals surface area contributed by atoms with Gasteiger partial charge in [0.2, 0.25) is 0 Å². The zero-order valence-corrected chi connectivity index (χ0v) is 13.3. The molecule has 0 aromatic rings. The van der Waals surface area contributed by atoms with E-state index in [1.165, 1.54) is 51.9 Å². The Morgan fingerprint density at radius 2 is 1.42 bits per heavy atom. The molecule has 0 aromatic carbocycles. The molecule has 3 nitrogen and oxygen atoms in total. The van der Waals surface area contributed by atoms with Crippen molar-refractivity contribution >= 4 is 0 Å². The van der Waals surface area contributed by atoms with Crippen LogP contribution >= 0.6 is 0 Å². The summed E-state index contributed by atoms with van der Waals surface area (Å²) in [4.78, 5) is 5.33. The maximum atomic E-state index is 5.95. The van der Waals surface area contributed by atoms with Crippen molar-refractivity contribution in [3.8, 4) is 0 Å². The number of hydrogen-bond acceptors (Lipinski definition) is 3. The molecule has 0 N–H and O–H groups in total. The molecule has 1 saturated carbocycles. The molecule has 3 heteroatoms. The zero-order valence-electron chi connectivity index (χ0n) is 13.3. The molecule has 2 aliphatic rings. The Morgan fingerprint density at radius 3 is 1.89 bits per heavy atom. The fourth-order valence-corrected chi connectivity index (χ4v) is 3.55. The molecular weight excluding hydrogens is 236 g/mol. The minimum Gasteiger partial charge on any atom is -0.376 e. The Bertz CT molecular complexity index is 251. The van der Waals surface area contributed by atoms with E-state index in [1.54, 1.807) is 0 Å². The summed E-state index contributed by atoms with van der Waals surface area (Å²) < 4.78 is 5.95. The van der Waals surface area contributed by atoms with Gasteiger partial charge in [-0.25, -0.2) is 0 Å². The monoisotopic (exact) mass is 268 g/mol. The van der Waals surface area contributed by atoms with E-state index in [2.05, 4.69) is 37.5 Å². The number of nitrogens with zero attached hydrogens (tertiary/aromatic N) is 2. The first-order chi connectivity index (χ1) is 9.06. The van der Waals surface area contributed by atoms with E-state index in [0.29, 0.717) is 18.2 Å². The number of ether oxygens (including phenoxy) is 1. The Morgan fingerprint density at radius 1 is 0.842 bits per heavy atom. The van der Waals surface area contributed by atoms with Crippen molar-refractivity contribution in [3.63, 3.8) is 0 Å². The third-order valence-corrected chi connectivity index (χ3v) is 4.70. The highest BCUT2D eigenvalue weighted by atomic mass is 16.5. The first kappa shape index (κ1) is 15.3. The van der Waals surface area contributed by atoms with Crippen molar-refractivity contribution in [3.05, 3.63) is 0 Å². The predicted molar refractivity (Wildman–Crippen MR) is 80.5 cm³/mol. The van der Waals surface area contributed by atoms with E-state index in [9.17, 15) is 0 Å². The lowest BCUT2D eigenvalue weighted by Gasteiger charge is -2.43. The van der Waals surface area contributed by atoms with E-state index >= 15 is 0 Å². The van der Waals surface area contributed by atoms with E-state index < -0.39 is 0 Å². The number of piperazine rings is 1. The maximum Gasteiger partial charge on any atom is 0.0579 e. The van der Waals surface area contributed by atoms with Crippen LogP contribution in [0.5, 0.6) is 0 Å². The van der Waals surface area contributed by atoms with E-state index in [1.807, 2.05) is 0 Å². The van der Waals surface area contributed by atoms with Crippen LogP contribution in [0.25, 0.3) is 0 Å². The molecule has 0 aromatic heterocycles. The molecule has 1 aliphatic heterocycles. The second kappa shape index (κ2) is 7.05. The summed E-state index contributed by atoms with van der Waals surface area (Å²) >= 11 is 0. The topological polar surface area (TPSA) is 15.7 Å². The summed E-state index contributed by atoms with van der Waals surface area (Å²) in [5, 5.41) is 0. The third-order valence-electron chi connectivity index (χ3n) is 4.70. The van der Waals surface area contributed by atoms with E-state index in [4.69, 9.17) is 4.74 Å². The smallest absolute Gasteiger partial charge is 0.0579 e. The van der Waals surface area contributed by atoms with Gasteiger partial charge in [0.25, 0.3) is 0 Å². The maximum absolute atomic E-state index is 5.95. The molecule has 2 rings (SSSR count). The Kier molecular flexibility index (Phi) is 5.67. The molecule has 0 spiro atoms. The minimum absolute atomic E-state index is 0.385. The van der Waals surface area contributed by atoms with E-state index in [0.717, 1.165) is 6.04 Å². The van der Waals surface area contributed by atoms with Crippen LogP contribution in [0.1, 0.15) is 53.4 Å². The first-order valence-electron chi connectivity index (χ1n) is 8.20. The largest absolute Gasteiger partial charge is 0.376 e. The Hall–Kier alpha value is -0.120. The van der Waals surface area contributed by atoms with Crippen molar-refractivity contribution in [2.24, 2.45) is 0 Å². The first-order valence-corrected chi connectivity index (χ1v) is 8.20. The van der Waals surface area contributed by atoms with Gasteiger partial charge in [-0.1, -0.05) is 0 Å². The molecule has 112 valence electrons. The molecule has 1 aliphatic carbocycles. The quantitative estimate of drug-likeness (QED) is 0.780. The van der Waals surface area contributed by atoms with Gasteiger partial charge >= 0.3 is 0 Å². The highest BCUT2D eigenvalue weighted by molar-refractivity contribution is 4.84. The van der Waals surface area contributed by atoms with Crippen molar-refractivity contribution < 1.29 is 4.74 Å². The molecule has 0 unspecified atom stereocenters. The average molecular weight is 268 g/mol. The molecule has 0 radical (unpaired) electrons. The van der Waals surface area contributed by atoms with Gasteiger partial charge in [0.05, 0.1) is 12.2 Å². The molecule has 1 heterocycles. The Labute approximate surface area is 119 Å². The van der Waals surface area contributed by atoms with Crippen LogP contribution in [-0.2, 0) is 4.74 Å². The number of hydrogen-bond donors (Lipinski definition) is 0. The number of rotatable bonds is 4. The Balaban J connectivity index is 1.71. The normalized spacial score (nSPS) is 31.3. The summed E-state index contributed by atoms with van der Waals surface area (Å²) in [5.41, 5.74) is 0. The fourth-order valence-electron chi connectivity index (χ4n) is 3.55. The lowest BCUT2D eigenvalue weighted by molar-refractivity contribution is -0.0315. The second-order valence-corrected chi connectivity index (χ2v) is 6.78. The van der Waals surface area contributed by atoms with Crippen LogP contribution in [0, 0.1) is 0 Å². The molecule has 1 saturated heterocycles. The lowest BCUT2D eigenvalue weighted by Crippen LogP contribution is -2.53. The minimum atomic E-state index is 0.385.